The molecule has 320 valence electrons. The van der Waals surface area contributed by atoms with E-state index in [4.69, 9.17) is 29.4 Å². The van der Waals surface area contributed by atoms with Gasteiger partial charge in [-0.15, -0.1) is 0 Å². The van der Waals surface area contributed by atoms with Crippen LogP contribution in [0.1, 0.15) is 194 Å². The second-order valence-electron chi connectivity index (χ2n) is 15.0. The summed E-state index contributed by atoms with van der Waals surface area (Å²) in [6.45, 7) is 9.32. The van der Waals surface area contributed by atoms with E-state index in [2.05, 4.69) is 43.5 Å². The van der Waals surface area contributed by atoms with Crippen LogP contribution in [0.5, 0.6) is 0 Å². The molecular formula is C46H90N2O6. The zero-order valence-corrected chi connectivity index (χ0v) is 35.8. The zero-order chi connectivity index (χ0) is 39.1. The molecule has 0 aromatic heterocycles. The molecule has 8 nitrogen and oxygen atoms in total. The number of hydrogen-bond acceptors (Lipinski definition) is 7. The Morgan fingerprint density at radius 3 is 1.39 bits per heavy atom. The van der Waals surface area contributed by atoms with Crippen molar-refractivity contribution in [3.63, 3.8) is 0 Å². The predicted molar refractivity (Wildman–Crippen MR) is 230 cm³/mol. The number of allylic oxidation sites excluding steroid dienone is 4. The molecule has 0 rings (SSSR count). The van der Waals surface area contributed by atoms with Crippen molar-refractivity contribution in [1.29, 1.82) is 0 Å². The van der Waals surface area contributed by atoms with Crippen molar-refractivity contribution in [1.82, 2.24) is 5.32 Å². The normalized spacial score (nSPS) is 12.4. The molecule has 0 bridgehead atoms. The van der Waals surface area contributed by atoms with E-state index < -0.39 is 6.09 Å². The lowest BCUT2D eigenvalue weighted by Crippen LogP contribution is -2.33. The summed E-state index contributed by atoms with van der Waals surface area (Å²) in [5, 5.41) is 2.74. The van der Waals surface area contributed by atoms with Crippen LogP contribution < -0.4 is 11.1 Å². The summed E-state index contributed by atoms with van der Waals surface area (Å²) in [6, 6.07) is 0. The number of alkyl carbamates (subject to hydrolysis) is 1. The van der Waals surface area contributed by atoms with E-state index in [0.29, 0.717) is 59.3 Å². The molecule has 0 aromatic rings. The minimum Gasteiger partial charge on any atom is -0.447 e. The van der Waals surface area contributed by atoms with Crippen LogP contribution in [-0.4, -0.2) is 78.1 Å². The zero-order valence-electron chi connectivity index (χ0n) is 35.8. The lowest BCUT2D eigenvalue weighted by atomic mass is 10.1. The SMILES string of the molecule is CCCCCCCC/C=C\CCCCCCCCOCC(COC(=O)NCCOCCOCCN)OCCCCCCCC/C=C\CCCCCCCC. The van der Waals surface area contributed by atoms with E-state index in [1.807, 2.05) is 0 Å². The van der Waals surface area contributed by atoms with Gasteiger partial charge in [0.25, 0.3) is 0 Å². The van der Waals surface area contributed by atoms with E-state index in [1.54, 1.807) is 0 Å². The van der Waals surface area contributed by atoms with Gasteiger partial charge in [0.15, 0.2) is 0 Å². The number of hydrogen-bond donors (Lipinski definition) is 2. The van der Waals surface area contributed by atoms with Gasteiger partial charge in [-0.3, -0.25) is 0 Å². The molecule has 1 unspecified atom stereocenters. The lowest BCUT2D eigenvalue weighted by Gasteiger charge is -2.18. The smallest absolute Gasteiger partial charge is 0.407 e. The molecule has 1 amide bonds. The fourth-order valence-electron chi connectivity index (χ4n) is 6.26. The number of amides is 1. The third kappa shape index (κ3) is 44.9. The third-order valence-corrected chi connectivity index (χ3v) is 9.66. The molecule has 54 heavy (non-hydrogen) atoms. The highest BCUT2D eigenvalue weighted by atomic mass is 16.6. The van der Waals surface area contributed by atoms with Gasteiger partial charge in [0.1, 0.15) is 12.7 Å². The van der Waals surface area contributed by atoms with Crippen molar-refractivity contribution in [2.24, 2.45) is 5.73 Å². The number of nitrogens with two attached hydrogens (primary N) is 1. The van der Waals surface area contributed by atoms with Crippen molar-refractivity contribution in [2.45, 2.75) is 200 Å². The van der Waals surface area contributed by atoms with Gasteiger partial charge < -0.3 is 34.7 Å². The van der Waals surface area contributed by atoms with E-state index >= 15 is 0 Å². The Kier molecular flexibility index (Phi) is 46.4. The summed E-state index contributed by atoms with van der Waals surface area (Å²) in [6.07, 6.45) is 44.9. The van der Waals surface area contributed by atoms with Crippen LogP contribution in [0.25, 0.3) is 0 Å². The molecule has 0 spiro atoms. The van der Waals surface area contributed by atoms with Gasteiger partial charge in [0.2, 0.25) is 0 Å². The first-order valence-electron chi connectivity index (χ1n) is 23.0. The van der Waals surface area contributed by atoms with E-state index in [1.165, 1.54) is 161 Å². The predicted octanol–water partition coefficient (Wildman–Crippen LogP) is 12.2. The maximum atomic E-state index is 12.3. The minimum atomic E-state index is -0.461. The summed E-state index contributed by atoms with van der Waals surface area (Å²) in [4.78, 5) is 12.3. The van der Waals surface area contributed by atoms with Crippen molar-refractivity contribution in [3.05, 3.63) is 24.3 Å². The molecule has 0 saturated heterocycles. The first kappa shape index (κ1) is 52.6. The Balaban J connectivity index is 4.06. The van der Waals surface area contributed by atoms with Crippen molar-refractivity contribution in [2.75, 3.05) is 65.9 Å². The van der Waals surface area contributed by atoms with Crippen LogP contribution in [0.4, 0.5) is 4.79 Å². The maximum absolute atomic E-state index is 12.3. The van der Waals surface area contributed by atoms with Crippen LogP contribution in [0.3, 0.4) is 0 Å². The average Bonchev–Trinajstić information content (AvgIpc) is 3.18. The topological polar surface area (TPSA) is 101 Å². The lowest BCUT2D eigenvalue weighted by molar-refractivity contribution is -0.0469. The summed E-state index contributed by atoms with van der Waals surface area (Å²) >= 11 is 0. The molecule has 0 fully saturated rings. The quantitative estimate of drug-likeness (QED) is 0.0470. The number of carbonyl (C=O) groups excluding carboxylic acids is 1. The summed E-state index contributed by atoms with van der Waals surface area (Å²) in [5.41, 5.74) is 5.41. The highest BCUT2D eigenvalue weighted by molar-refractivity contribution is 5.67. The van der Waals surface area contributed by atoms with Crippen molar-refractivity contribution in [3.8, 4) is 0 Å². The van der Waals surface area contributed by atoms with Gasteiger partial charge in [-0.25, -0.2) is 4.79 Å². The van der Waals surface area contributed by atoms with Crippen LogP contribution in [0, 0.1) is 0 Å². The summed E-state index contributed by atoms with van der Waals surface area (Å²) in [7, 11) is 0. The summed E-state index contributed by atoms with van der Waals surface area (Å²) in [5.74, 6) is 0. The van der Waals surface area contributed by atoms with Gasteiger partial charge in [0, 0.05) is 26.3 Å². The molecule has 0 aromatic carbocycles. The fourth-order valence-corrected chi connectivity index (χ4v) is 6.26. The molecule has 0 aliphatic rings. The third-order valence-electron chi connectivity index (χ3n) is 9.66. The van der Waals surface area contributed by atoms with Crippen LogP contribution in [-0.2, 0) is 23.7 Å². The van der Waals surface area contributed by atoms with E-state index in [9.17, 15) is 4.79 Å². The standard InChI is InChI=1S/C46H90N2O6/c1-3-5-7-9-11-13-15-17-19-21-23-25-27-29-31-33-37-52-43-45(44-54-46(49)48-36-40-51-42-41-50-39-35-47)53-38-34-32-30-28-26-24-22-20-18-16-14-12-10-8-6-4-2/h17-20,45H,3-16,21-44,47H2,1-2H3,(H,48,49)/b19-17-,20-18-. The Bertz CT molecular complexity index is 780. The minimum absolute atomic E-state index is 0.180. The number of nitrogens with one attached hydrogen (secondary N) is 1. The monoisotopic (exact) mass is 767 g/mol. The molecule has 0 saturated carbocycles. The van der Waals surface area contributed by atoms with E-state index in [-0.39, 0.29) is 12.7 Å². The van der Waals surface area contributed by atoms with Gasteiger partial charge in [0.05, 0.1) is 33.0 Å². The number of unbranched alkanes of at least 4 members (excludes halogenated alkanes) is 24. The molecule has 8 heteroatoms. The second-order valence-corrected chi connectivity index (χ2v) is 15.0. The summed E-state index contributed by atoms with van der Waals surface area (Å²) < 4.78 is 28.3. The first-order chi connectivity index (χ1) is 26.7. The number of carbonyl (C=O) groups is 1. The maximum Gasteiger partial charge on any atom is 0.407 e. The Morgan fingerprint density at radius 1 is 0.481 bits per heavy atom. The molecule has 0 radical (unpaired) electrons. The number of ether oxygens (including phenoxy) is 5. The highest BCUT2D eigenvalue weighted by Gasteiger charge is 2.13. The van der Waals surface area contributed by atoms with Crippen molar-refractivity contribution >= 4 is 6.09 Å². The molecule has 0 aliphatic heterocycles. The van der Waals surface area contributed by atoms with Crippen LogP contribution in [0.2, 0.25) is 0 Å². The molecule has 0 heterocycles. The Labute approximate surface area is 334 Å². The first-order valence-corrected chi connectivity index (χ1v) is 23.0. The van der Waals surface area contributed by atoms with Crippen molar-refractivity contribution < 1.29 is 28.5 Å². The Morgan fingerprint density at radius 2 is 0.907 bits per heavy atom. The molecule has 0 aliphatic carbocycles. The highest BCUT2D eigenvalue weighted by Crippen LogP contribution is 2.12. The molecular weight excluding hydrogens is 677 g/mol. The van der Waals surface area contributed by atoms with Gasteiger partial charge >= 0.3 is 6.09 Å². The molecule has 3 N–H and O–H groups in total. The van der Waals surface area contributed by atoms with Gasteiger partial charge in [-0.2, -0.15) is 0 Å². The molecule has 1 atom stereocenters. The van der Waals surface area contributed by atoms with Gasteiger partial charge in [-0.1, -0.05) is 154 Å². The fraction of sp³-hybridized carbons (Fsp3) is 0.891. The largest absolute Gasteiger partial charge is 0.447 e. The van der Waals surface area contributed by atoms with Crippen LogP contribution >= 0.6 is 0 Å². The average molecular weight is 767 g/mol. The van der Waals surface area contributed by atoms with E-state index in [0.717, 1.165) is 19.3 Å². The second kappa shape index (κ2) is 47.7. The number of rotatable bonds is 45. The van der Waals surface area contributed by atoms with Gasteiger partial charge in [-0.05, 0) is 64.2 Å². The van der Waals surface area contributed by atoms with Crippen LogP contribution in [0.15, 0.2) is 24.3 Å². The Hall–Kier alpha value is -1.45.